The van der Waals surface area contributed by atoms with Crippen molar-refractivity contribution in [1.29, 1.82) is 0 Å². The minimum absolute atomic E-state index is 0.0153. The van der Waals surface area contributed by atoms with E-state index in [-0.39, 0.29) is 18.4 Å². The number of carboxylic acid groups (broad SMARTS) is 1. The van der Waals surface area contributed by atoms with Gasteiger partial charge in [-0.25, -0.2) is 0 Å². The van der Waals surface area contributed by atoms with Gasteiger partial charge in [-0.3, -0.25) is 14.5 Å². The Morgan fingerprint density at radius 1 is 1.08 bits per heavy atom. The van der Waals surface area contributed by atoms with Crippen molar-refractivity contribution in [3.8, 4) is 0 Å². The van der Waals surface area contributed by atoms with Crippen LogP contribution in [0.3, 0.4) is 0 Å². The summed E-state index contributed by atoms with van der Waals surface area (Å²) in [6.07, 6.45) is 4.91. The standard InChI is InChI=1S/C20H28N2O3/c23-19(24)11-10-17-8-4-13-22(15-17)20(25)18-9-5-12-21(18)14-16-6-2-1-3-7-16/h1-3,6-7,17-18H,4-5,8-15H2,(H,23,24)/t17-,18+/m1/s1. The molecule has 2 saturated heterocycles. The normalized spacial score (nSPS) is 24.4. The molecule has 0 aromatic heterocycles. The molecule has 1 aromatic rings. The molecule has 0 radical (unpaired) electrons. The monoisotopic (exact) mass is 344 g/mol. The van der Waals surface area contributed by atoms with Crippen molar-refractivity contribution in [2.24, 2.45) is 5.92 Å². The first-order valence-electron chi connectivity index (χ1n) is 9.42. The van der Waals surface area contributed by atoms with Gasteiger partial charge in [-0.05, 0) is 50.1 Å². The van der Waals surface area contributed by atoms with Crippen molar-refractivity contribution in [3.63, 3.8) is 0 Å². The number of piperidine rings is 1. The molecule has 0 aliphatic carbocycles. The van der Waals surface area contributed by atoms with Crippen molar-refractivity contribution in [1.82, 2.24) is 9.80 Å². The average molecular weight is 344 g/mol. The average Bonchev–Trinajstić information content (AvgIpc) is 3.08. The first-order valence-corrected chi connectivity index (χ1v) is 9.42. The minimum Gasteiger partial charge on any atom is -0.481 e. The molecule has 25 heavy (non-hydrogen) atoms. The van der Waals surface area contributed by atoms with Crippen LogP contribution in [0.15, 0.2) is 30.3 Å². The van der Waals surface area contributed by atoms with Crippen LogP contribution in [0.4, 0.5) is 0 Å². The first-order chi connectivity index (χ1) is 12.1. The van der Waals surface area contributed by atoms with Gasteiger partial charge in [-0.1, -0.05) is 30.3 Å². The van der Waals surface area contributed by atoms with Gasteiger partial charge in [-0.15, -0.1) is 0 Å². The van der Waals surface area contributed by atoms with E-state index in [1.54, 1.807) is 0 Å². The fourth-order valence-electron chi connectivity index (χ4n) is 4.15. The molecule has 3 rings (SSSR count). The highest BCUT2D eigenvalue weighted by Crippen LogP contribution is 2.26. The Balaban J connectivity index is 1.58. The molecule has 5 heteroatoms. The number of nitrogens with zero attached hydrogens (tertiary/aromatic N) is 2. The third-order valence-corrected chi connectivity index (χ3v) is 5.47. The summed E-state index contributed by atoms with van der Waals surface area (Å²) in [5, 5.41) is 8.88. The zero-order chi connectivity index (χ0) is 17.6. The highest BCUT2D eigenvalue weighted by molar-refractivity contribution is 5.82. The number of carbonyl (C=O) groups excluding carboxylic acids is 1. The lowest BCUT2D eigenvalue weighted by atomic mass is 9.93. The SMILES string of the molecule is O=C(O)CC[C@H]1CCCN(C(=O)[C@@H]2CCCN2Cc2ccccc2)C1. The second-order valence-electron chi connectivity index (χ2n) is 7.34. The molecule has 2 aliphatic heterocycles. The maximum Gasteiger partial charge on any atom is 0.303 e. The number of rotatable bonds is 6. The maximum absolute atomic E-state index is 13.1. The van der Waals surface area contributed by atoms with Gasteiger partial charge in [-0.2, -0.15) is 0 Å². The van der Waals surface area contributed by atoms with E-state index >= 15 is 0 Å². The maximum atomic E-state index is 13.1. The number of aliphatic carboxylic acids is 1. The third kappa shape index (κ3) is 4.82. The van der Waals surface area contributed by atoms with Crippen LogP contribution in [0.2, 0.25) is 0 Å². The van der Waals surface area contributed by atoms with Crippen LogP contribution in [0.1, 0.15) is 44.1 Å². The van der Waals surface area contributed by atoms with Crippen LogP contribution in [-0.2, 0) is 16.1 Å². The van der Waals surface area contributed by atoms with Gasteiger partial charge in [0.15, 0.2) is 0 Å². The van der Waals surface area contributed by atoms with Gasteiger partial charge in [0.25, 0.3) is 0 Å². The molecule has 1 amide bonds. The molecule has 136 valence electrons. The van der Waals surface area contributed by atoms with Crippen LogP contribution in [0.5, 0.6) is 0 Å². The lowest BCUT2D eigenvalue weighted by Gasteiger charge is -2.36. The Kier molecular flexibility index (Phi) is 6.08. The zero-order valence-corrected chi connectivity index (χ0v) is 14.8. The summed E-state index contributed by atoms with van der Waals surface area (Å²) in [6.45, 7) is 3.34. The molecular weight excluding hydrogens is 316 g/mol. The summed E-state index contributed by atoms with van der Waals surface area (Å²) in [5.41, 5.74) is 1.25. The molecule has 0 spiro atoms. The van der Waals surface area contributed by atoms with E-state index in [9.17, 15) is 9.59 Å². The van der Waals surface area contributed by atoms with Crippen molar-refractivity contribution in [3.05, 3.63) is 35.9 Å². The van der Waals surface area contributed by atoms with E-state index in [0.717, 1.165) is 51.9 Å². The van der Waals surface area contributed by atoms with E-state index < -0.39 is 5.97 Å². The highest BCUT2D eigenvalue weighted by atomic mass is 16.4. The summed E-state index contributed by atoms with van der Waals surface area (Å²) >= 11 is 0. The molecule has 5 nitrogen and oxygen atoms in total. The fourth-order valence-corrected chi connectivity index (χ4v) is 4.15. The van der Waals surface area contributed by atoms with Gasteiger partial charge >= 0.3 is 5.97 Å². The lowest BCUT2D eigenvalue weighted by molar-refractivity contribution is -0.138. The minimum atomic E-state index is -0.742. The van der Waals surface area contributed by atoms with Gasteiger partial charge < -0.3 is 10.0 Å². The smallest absolute Gasteiger partial charge is 0.303 e. The van der Waals surface area contributed by atoms with Gasteiger partial charge in [0.05, 0.1) is 6.04 Å². The molecule has 2 heterocycles. The second kappa shape index (κ2) is 8.48. The van der Waals surface area contributed by atoms with E-state index in [1.807, 2.05) is 23.1 Å². The molecule has 2 fully saturated rings. The van der Waals surface area contributed by atoms with Crippen molar-refractivity contribution in [2.45, 2.75) is 51.1 Å². The van der Waals surface area contributed by atoms with E-state index in [2.05, 4.69) is 17.0 Å². The molecule has 0 unspecified atom stereocenters. The van der Waals surface area contributed by atoms with Crippen molar-refractivity contribution < 1.29 is 14.7 Å². The highest BCUT2D eigenvalue weighted by Gasteiger charge is 2.35. The lowest BCUT2D eigenvalue weighted by Crippen LogP contribution is -2.49. The molecule has 0 bridgehead atoms. The summed E-state index contributed by atoms with van der Waals surface area (Å²) in [5.74, 6) is -0.167. The molecule has 1 aromatic carbocycles. The van der Waals surface area contributed by atoms with Crippen LogP contribution in [0, 0.1) is 5.92 Å². The Morgan fingerprint density at radius 3 is 2.60 bits per heavy atom. The Bertz CT molecular complexity index is 590. The van der Waals surface area contributed by atoms with Gasteiger partial charge in [0.1, 0.15) is 0 Å². The molecular formula is C20H28N2O3. The quantitative estimate of drug-likeness (QED) is 0.862. The predicted molar refractivity (Wildman–Crippen MR) is 96.0 cm³/mol. The van der Waals surface area contributed by atoms with E-state index in [1.165, 1.54) is 5.56 Å². The van der Waals surface area contributed by atoms with E-state index in [0.29, 0.717) is 12.3 Å². The number of carboxylic acids is 1. The van der Waals surface area contributed by atoms with Gasteiger partial charge in [0.2, 0.25) is 5.91 Å². The van der Waals surface area contributed by atoms with E-state index in [4.69, 9.17) is 5.11 Å². The molecule has 1 N–H and O–H groups in total. The van der Waals surface area contributed by atoms with Crippen LogP contribution >= 0.6 is 0 Å². The Morgan fingerprint density at radius 2 is 1.84 bits per heavy atom. The number of benzene rings is 1. The van der Waals surface area contributed by atoms with Crippen LogP contribution < -0.4 is 0 Å². The number of hydrogen-bond acceptors (Lipinski definition) is 3. The number of hydrogen-bond donors (Lipinski definition) is 1. The zero-order valence-electron chi connectivity index (χ0n) is 14.8. The largest absolute Gasteiger partial charge is 0.481 e. The topological polar surface area (TPSA) is 60.9 Å². The Labute approximate surface area is 149 Å². The number of likely N-dealkylation sites (tertiary alicyclic amines) is 2. The molecule has 0 saturated carbocycles. The molecule has 2 aliphatic rings. The van der Waals surface area contributed by atoms with Crippen LogP contribution in [-0.4, -0.2) is 52.5 Å². The third-order valence-electron chi connectivity index (χ3n) is 5.47. The first kappa shape index (κ1) is 17.9. The van der Waals surface area contributed by atoms with Crippen LogP contribution in [0.25, 0.3) is 0 Å². The predicted octanol–water partition coefficient (Wildman–Crippen LogP) is 2.75. The summed E-state index contributed by atoms with van der Waals surface area (Å²) in [4.78, 5) is 28.1. The summed E-state index contributed by atoms with van der Waals surface area (Å²) < 4.78 is 0. The number of carbonyl (C=O) groups is 2. The Hall–Kier alpha value is -1.88. The summed E-state index contributed by atoms with van der Waals surface area (Å²) in [7, 11) is 0. The van der Waals surface area contributed by atoms with Gasteiger partial charge in [0, 0.05) is 26.1 Å². The fraction of sp³-hybridized carbons (Fsp3) is 0.600. The van der Waals surface area contributed by atoms with Crippen molar-refractivity contribution in [2.75, 3.05) is 19.6 Å². The molecule has 2 atom stereocenters. The number of amides is 1. The second-order valence-corrected chi connectivity index (χ2v) is 7.34. The summed E-state index contributed by atoms with van der Waals surface area (Å²) in [6, 6.07) is 10.3. The van der Waals surface area contributed by atoms with Crippen molar-refractivity contribution >= 4 is 11.9 Å².